The van der Waals surface area contributed by atoms with Gasteiger partial charge in [0.25, 0.3) is 0 Å². The van der Waals surface area contributed by atoms with Crippen LogP contribution in [0, 0.1) is 5.92 Å². The van der Waals surface area contributed by atoms with Crippen LogP contribution in [0.3, 0.4) is 0 Å². The molecule has 0 radical (unpaired) electrons. The standard InChI is InChI=1S/C21H30N2/c1-4-5-10-19-11-6-7-12-20(19)14-18(3)16-23(22)21-13-8-9-17(2)15-21/h4-7,10-12,16-17,21H,1,8-9,13-15,22H2,2-3H3/b10-5-,18-16+. The van der Waals surface area contributed by atoms with E-state index in [4.69, 9.17) is 5.84 Å². The highest BCUT2D eigenvalue weighted by Gasteiger charge is 2.21. The molecule has 0 heterocycles. The Kier molecular flexibility index (Phi) is 6.66. The normalized spacial score (nSPS) is 22.3. The lowest BCUT2D eigenvalue weighted by atomic mass is 9.87. The molecule has 0 aliphatic heterocycles. The molecule has 0 spiro atoms. The van der Waals surface area contributed by atoms with Crippen molar-refractivity contribution in [3.05, 3.63) is 65.9 Å². The first-order valence-electron chi connectivity index (χ1n) is 8.67. The second kappa shape index (κ2) is 8.73. The first kappa shape index (κ1) is 17.6. The quantitative estimate of drug-likeness (QED) is 0.450. The molecule has 0 amide bonds. The number of nitrogens with two attached hydrogens (primary N) is 1. The average molecular weight is 310 g/mol. The lowest BCUT2D eigenvalue weighted by molar-refractivity contribution is 0.187. The van der Waals surface area contributed by atoms with Gasteiger partial charge in [0, 0.05) is 12.2 Å². The lowest BCUT2D eigenvalue weighted by Gasteiger charge is -2.33. The van der Waals surface area contributed by atoms with Gasteiger partial charge >= 0.3 is 0 Å². The van der Waals surface area contributed by atoms with E-state index in [-0.39, 0.29) is 0 Å². The van der Waals surface area contributed by atoms with Crippen molar-refractivity contribution >= 4 is 6.08 Å². The highest BCUT2D eigenvalue weighted by atomic mass is 15.4. The number of hydrogen-bond donors (Lipinski definition) is 1. The Bertz CT molecular complexity index is 571. The lowest BCUT2D eigenvalue weighted by Crippen LogP contribution is -2.39. The Morgan fingerprint density at radius 1 is 1.35 bits per heavy atom. The Hall–Kier alpha value is -1.80. The molecule has 1 aromatic rings. The molecule has 2 unspecified atom stereocenters. The molecule has 0 bridgehead atoms. The molecular weight excluding hydrogens is 280 g/mol. The zero-order chi connectivity index (χ0) is 16.7. The summed E-state index contributed by atoms with van der Waals surface area (Å²) < 4.78 is 0. The van der Waals surface area contributed by atoms with Crippen LogP contribution in [-0.2, 0) is 6.42 Å². The molecule has 1 aliphatic rings. The largest absolute Gasteiger partial charge is 0.315 e. The summed E-state index contributed by atoms with van der Waals surface area (Å²) in [6.07, 6.45) is 14.0. The minimum Gasteiger partial charge on any atom is -0.315 e. The molecule has 1 aromatic carbocycles. The van der Waals surface area contributed by atoms with Gasteiger partial charge < -0.3 is 5.01 Å². The van der Waals surface area contributed by atoms with Crippen LogP contribution in [0.5, 0.6) is 0 Å². The summed E-state index contributed by atoms with van der Waals surface area (Å²) in [7, 11) is 0. The third kappa shape index (κ3) is 5.40. The Morgan fingerprint density at radius 3 is 2.87 bits per heavy atom. The van der Waals surface area contributed by atoms with Gasteiger partial charge in [0.2, 0.25) is 0 Å². The number of benzene rings is 1. The maximum Gasteiger partial charge on any atom is 0.0448 e. The van der Waals surface area contributed by atoms with E-state index < -0.39 is 0 Å². The van der Waals surface area contributed by atoms with Gasteiger partial charge in [-0.1, -0.05) is 74.4 Å². The Balaban J connectivity index is 2.04. The molecule has 0 saturated heterocycles. The summed E-state index contributed by atoms with van der Waals surface area (Å²) in [6.45, 7) is 8.24. The van der Waals surface area contributed by atoms with Crippen LogP contribution >= 0.6 is 0 Å². The maximum atomic E-state index is 6.31. The second-order valence-electron chi connectivity index (χ2n) is 6.82. The smallest absolute Gasteiger partial charge is 0.0448 e. The van der Waals surface area contributed by atoms with Crippen molar-refractivity contribution in [2.45, 2.75) is 52.0 Å². The van der Waals surface area contributed by atoms with E-state index in [0.29, 0.717) is 6.04 Å². The van der Waals surface area contributed by atoms with Crippen molar-refractivity contribution in [2.24, 2.45) is 11.8 Å². The van der Waals surface area contributed by atoms with Crippen molar-refractivity contribution in [2.75, 3.05) is 0 Å². The SMILES string of the molecule is C=C/C=C\c1ccccc1C/C(C)=C/N(N)C1CCCC(C)C1. The topological polar surface area (TPSA) is 29.3 Å². The van der Waals surface area contributed by atoms with Gasteiger partial charge in [0.1, 0.15) is 0 Å². The van der Waals surface area contributed by atoms with E-state index in [1.165, 1.54) is 42.4 Å². The minimum atomic E-state index is 0.490. The number of allylic oxidation sites excluding steroid dienone is 3. The van der Waals surface area contributed by atoms with E-state index in [0.717, 1.165) is 12.3 Å². The molecule has 124 valence electrons. The van der Waals surface area contributed by atoms with Crippen molar-refractivity contribution in [1.29, 1.82) is 0 Å². The van der Waals surface area contributed by atoms with E-state index in [1.807, 2.05) is 17.2 Å². The van der Waals surface area contributed by atoms with Crippen LogP contribution in [0.1, 0.15) is 50.7 Å². The monoisotopic (exact) mass is 310 g/mol. The van der Waals surface area contributed by atoms with Crippen molar-refractivity contribution in [3.63, 3.8) is 0 Å². The molecule has 2 heteroatoms. The Labute approximate surface area is 141 Å². The number of nitrogens with zero attached hydrogens (tertiary/aromatic N) is 1. The van der Waals surface area contributed by atoms with E-state index in [2.05, 4.69) is 57.0 Å². The second-order valence-corrected chi connectivity index (χ2v) is 6.82. The number of hydrazine groups is 1. The molecule has 23 heavy (non-hydrogen) atoms. The third-order valence-electron chi connectivity index (χ3n) is 4.64. The number of rotatable bonds is 6. The van der Waals surface area contributed by atoms with Gasteiger partial charge in [-0.3, -0.25) is 0 Å². The summed E-state index contributed by atoms with van der Waals surface area (Å²) in [6, 6.07) is 8.99. The fourth-order valence-electron chi connectivity index (χ4n) is 3.41. The first-order chi connectivity index (χ1) is 11.1. The molecular formula is C21H30N2. The Morgan fingerprint density at radius 2 is 2.13 bits per heavy atom. The molecule has 1 saturated carbocycles. The third-order valence-corrected chi connectivity index (χ3v) is 4.64. The van der Waals surface area contributed by atoms with Gasteiger partial charge in [-0.25, -0.2) is 5.84 Å². The molecule has 2 atom stereocenters. The first-order valence-corrected chi connectivity index (χ1v) is 8.67. The van der Waals surface area contributed by atoms with Crippen LogP contribution < -0.4 is 5.84 Å². The van der Waals surface area contributed by atoms with Crippen LogP contribution in [0.25, 0.3) is 6.08 Å². The van der Waals surface area contributed by atoms with Crippen molar-refractivity contribution in [3.8, 4) is 0 Å². The van der Waals surface area contributed by atoms with Crippen LogP contribution in [0.4, 0.5) is 0 Å². The maximum absolute atomic E-state index is 6.31. The highest BCUT2D eigenvalue weighted by molar-refractivity contribution is 5.55. The predicted octanol–water partition coefficient (Wildman–Crippen LogP) is 5.09. The molecule has 2 nitrogen and oxygen atoms in total. The summed E-state index contributed by atoms with van der Waals surface area (Å²) in [5, 5.41) is 1.95. The van der Waals surface area contributed by atoms with Gasteiger partial charge in [0.05, 0.1) is 0 Å². The summed E-state index contributed by atoms with van der Waals surface area (Å²) in [5.74, 6) is 7.10. The molecule has 1 aliphatic carbocycles. The van der Waals surface area contributed by atoms with Gasteiger partial charge in [0.15, 0.2) is 0 Å². The van der Waals surface area contributed by atoms with Crippen molar-refractivity contribution < 1.29 is 0 Å². The van der Waals surface area contributed by atoms with Crippen LogP contribution in [0.2, 0.25) is 0 Å². The average Bonchev–Trinajstić information content (AvgIpc) is 2.54. The molecule has 2 rings (SSSR count). The summed E-state index contributed by atoms with van der Waals surface area (Å²) in [4.78, 5) is 0. The van der Waals surface area contributed by atoms with Crippen LogP contribution in [0.15, 0.2) is 54.8 Å². The van der Waals surface area contributed by atoms with Gasteiger partial charge in [-0.15, -0.1) is 0 Å². The predicted molar refractivity (Wildman–Crippen MR) is 101 cm³/mol. The zero-order valence-corrected chi connectivity index (χ0v) is 14.5. The highest BCUT2D eigenvalue weighted by Crippen LogP contribution is 2.26. The fraction of sp³-hybridized carbons (Fsp3) is 0.429. The van der Waals surface area contributed by atoms with E-state index in [1.54, 1.807) is 0 Å². The number of hydrogen-bond acceptors (Lipinski definition) is 2. The molecule has 1 fully saturated rings. The molecule has 0 aromatic heterocycles. The van der Waals surface area contributed by atoms with Crippen molar-refractivity contribution in [1.82, 2.24) is 5.01 Å². The summed E-state index contributed by atoms with van der Waals surface area (Å²) >= 11 is 0. The summed E-state index contributed by atoms with van der Waals surface area (Å²) in [5.41, 5.74) is 3.87. The van der Waals surface area contributed by atoms with Crippen LogP contribution in [-0.4, -0.2) is 11.1 Å². The van der Waals surface area contributed by atoms with Gasteiger partial charge in [-0.05, 0) is 43.2 Å². The zero-order valence-electron chi connectivity index (χ0n) is 14.5. The van der Waals surface area contributed by atoms with E-state index in [9.17, 15) is 0 Å². The fourth-order valence-corrected chi connectivity index (χ4v) is 3.41. The van der Waals surface area contributed by atoms with Gasteiger partial charge in [-0.2, -0.15) is 0 Å². The minimum absolute atomic E-state index is 0.490. The van der Waals surface area contributed by atoms with E-state index >= 15 is 0 Å². The molecule has 2 N–H and O–H groups in total.